The van der Waals surface area contributed by atoms with E-state index < -0.39 is 17.7 Å². The smallest absolute Gasteiger partial charge is 0.344 e. The summed E-state index contributed by atoms with van der Waals surface area (Å²) in [6.07, 6.45) is -4.47. The molecule has 0 aliphatic carbocycles. The minimum atomic E-state index is -4.34. The third-order valence-electron chi connectivity index (χ3n) is 2.50. The molecule has 0 spiro atoms. The molecule has 1 saturated heterocycles. The van der Waals surface area contributed by atoms with Crippen molar-refractivity contribution in [1.29, 1.82) is 0 Å². The molecule has 1 fully saturated rings. The molecule has 0 radical (unpaired) electrons. The highest BCUT2D eigenvalue weighted by molar-refractivity contribution is 6.23. The Morgan fingerprint density at radius 2 is 2.19 bits per heavy atom. The Kier molecular flexibility index (Phi) is 2.73. The SMILES string of the molecule is O=C1CC(Cl)N=C2N[C@@H](C(F)(F)F)CCN12. The van der Waals surface area contributed by atoms with Crippen molar-refractivity contribution in [3.8, 4) is 0 Å². The lowest BCUT2D eigenvalue weighted by Gasteiger charge is -2.37. The molecule has 4 nitrogen and oxygen atoms in total. The second-order valence-corrected chi connectivity index (χ2v) is 4.17. The molecule has 0 bridgehead atoms. The van der Waals surface area contributed by atoms with Crippen molar-refractivity contribution in [2.24, 2.45) is 4.99 Å². The summed E-state index contributed by atoms with van der Waals surface area (Å²) in [5, 5.41) is 2.20. The van der Waals surface area contributed by atoms with Crippen LogP contribution in [0.15, 0.2) is 4.99 Å². The first-order chi connectivity index (χ1) is 7.38. The Bertz CT molecular complexity index is 344. The van der Waals surface area contributed by atoms with E-state index in [1.165, 1.54) is 4.90 Å². The van der Waals surface area contributed by atoms with Crippen LogP contribution < -0.4 is 5.32 Å². The largest absolute Gasteiger partial charge is 0.408 e. The third-order valence-corrected chi connectivity index (χ3v) is 2.75. The molecular weight excluding hydrogens is 247 g/mol. The minimum Gasteiger partial charge on any atom is -0.344 e. The Hall–Kier alpha value is -0.980. The molecule has 0 saturated carbocycles. The summed E-state index contributed by atoms with van der Waals surface area (Å²) in [6, 6.07) is -1.66. The zero-order valence-electron chi connectivity index (χ0n) is 8.09. The standard InChI is InChI=1S/C8H9ClF3N3O/c9-5-3-6(16)15-2-1-4(8(10,11)12)13-7(15)14-5/h4-5H,1-3H2,(H,13,14)/t4-,5?/m1/s1. The van der Waals surface area contributed by atoms with Crippen LogP contribution in [0.5, 0.6) is 0 Å². The van der Waals surface area contributed by atoms with Gasteiger partial charge in [0, 0.05) is 6.54 Å². The summed E-state index contributed by atoms with van der Waals surface area (Å²) in [5.74, 6) is -0.358. The van der Waals surface area contributed by atoms with Crippen LogP contribution in [-0.2, 0) is 4.79 Å². The van der Waals surface area contributed by atoms with Crippen LogP contribution in [-0.4, -0.2) is 41.0 Å². The number of carbonyl (C=O) groups excluding carboxylic acids is 1. The van der Waals surface area contributed by atoms with Crippen molar-refractivity contribution in [3.63, 3.8) is 0 Å². The molecule has 0 aromatic carbocycles. The molecule has 8 heteroatoms. The van der Waals surface area contributed by atoms with Crippen molar-refractivity contribution >= 4 is 23.5 Å². The Morgan fingerprint density at radius 3 is 2.81 bits per heavy atom. The Labute approximate surface area is 94.4 Å². The number of nitrogens with one attached hydrogen (secondary N) is 1. The summed E-state index contributed by atoms with van der Waals surface area (Å²) < 4.78 is 37.3. The maximum absolute atomic E-state index is 12.4. The quantitative estimate of drug-likeness (QED) is 0.520. The van der Waals surface area contributed by atoms with Crippen LogP contribution in [0.2, 0.25) is 0 Å². The Morgan fingerprint density at radius 1 is 1.50 bits per heavy atom. The van der Waals surface area contributed by atoms with E-state index in [-0.39, 0.29) is 31.3 Å². The van der Waals surface area contributed by atoms with E-state index in [2.05, 4.69) is 10.3 Å². The van der Waals surface area contributed by atoms with Crippen LogP contribution in [0.3, 0.4) is 0 Å². The van der Waals surface area contributed by atoms with Gasteiger partial charge in [-0.3, -0.25) is 9.69 Å². The fourth-order valence-electron chi connectivity index (χ4n) is 1.70. The first-order valence-corrected chi connectivity index (χ1v) is 5.17. The van der Waals surface area contributed by atoms with Gasteiger partial charge >= 0.3 is 6.18 Å². The number of rotatable bonds is 0. The van der Waals surface area contributed by atoms with Crippen molar-refractivity contribution in [2.45, 2.75) is 30.6 Å². The van der Waals surface area contributed by atoms with E-state index in [1.54, 1.807) is 0 Å². The number of amides is 1. The molecule has 1 N–H and O–H groups in total. The van der Waals surface area contributed by atoms with Gasteiger partial charge in [-0.25, -0.2) is 4.99 Å². The van der Waals surface area contributed by atoms with Crippen LogP contribution in [0.25, 0.3) is 0 Å². The van der Waals surface area contributed by atoms with Crippen LogP contribution >= 0.6 is 11.6 Å². The molecule has 0 aromatic rings. The molecule has 2 aliphatic rings. The van der Waals surface area contributed by atoms with Crippen LogP contribution in [0, 0.1) is 0 Å². The number of halogens is 4. The van der Waals surface area contributed by atoms with Gasteiger partial charge in [-0.2, -0.15) is 13.2 Å². The first kappa shape index (κ1) is 11.5. The fraction of sp³-hybridized carbons (Fsp3) is 0.750. The lowest BCUT2D eigenvalue weighted by atomic mass is 10.1. The average molecular weight is 256 g/mol. The molecule has 2 aliphatic heterocycles. The van der Waals surface area contributed by atoms with Gasteiger partial charge in [0.2, 0.25) is 11.9 Å². The molecule has 0 aromatic heterocycles. The maximum atomic E-state index is 12.4. The van der Waals surface area contributed by atoms with E-state index in [0.29, 0.717) is 0 Å². The summed E-state index contributed by atoms with van der Waals surface area (Å²) in [6.45, 7) is 0.0262. The van der Waals surface area contributed by atoms with Gasteiger partial charge in [0.1, 0.15) is 11.5 Å². The number of carbonyl (C=O) groups is 1. The second-order valence-electron chi connectivity index (χ2n) is 3.66. The maximum Gasteiger partial charge on any atom is 0.408 e. The molecule has 16 heavy (non-hydrogen) atoms. The second kappa shape index (κ2) is 3.80. The van der Waals surface area contributed by atoms with Gasteiger partial charge in [-0.05, 0) is 6.42 Å². The minimum absolute atomic E-state index is 0.0262. The zero-order chi connectivity index (χ0) is 11.9. The van der Waals surface area contributed by atoms with Gasteiger partial charge in [0.25, 0.3) is 0 Å². The van der Waals surface area contributed by atoms with Crippen molar-refractivity contribution < 1.29 is 18.0 Å². The number of hydrogen-bond acceptors (Lipinski definition) is 3. The first-order valence-electron chi connectivity index (χ1n) is 4.73. The lowest BCUT2D eigenvalue weighted by molar-refractivity contribution is -0.159. The van der Waals surface area contributed by atoms with Gasteiger partial charge < -0.3 is 5.32 Å². The summed E-state index contributed by atoms with van der Waals surface area (Å²) in [4.78, 5) is 16.4. The molecular formula is C8H9ClF3N3O. The third kappa shape index (κ3) is 2.09. The van der Waals surface area contributed by atoms with Crippen molar-refractivity contribution in [2.75, 3.05) is 6.54 Å². The fourth-order valence-corrected chi connectivity index (χ4v) is 1.92. The zero-order valence-corrected chi connectivity index (χ0v) is 8.85. The van der Waals surface area contributed by atoms with Gasteiger partial charge in [-0.15, -0.1) is 0 Å². The monoisotopic (exact) mass is 255 g/mol. The van der Waals surface area contributed by atoms with Crippen molar-refractivity contribution in [1.82, 2.24) is 10.2 Å². The van der Waals surface area contributed by atoms with Crippen LogP contribution in [0.1, 0.15) is 12.8 Å². The topological polar surface area (TPSA) is 44.7 Å². The van der Waals surface area contributed by atoms with E-state index in [0.717, 1.165) is 0 Å². The number of hydrogen-bond donors (Lipinski definition) is 1. The lowest BCUT2D eigenvalue weighted by Crippen LogP contribution is -2.60. The summed E-state index contributed by atoms with van der Waals surface area (Å²) in [5.41, 5.74) is -0.779. The molecule has 2 heterocycles. The predicted octanol–water partition coefficient (Wildman–Crippen LogP) is 1.06. The summed E-state index contributed by atoms with van der Waals surface area (Å²) in [7, 11) is 0. The van der Waals surface area contributed by atoms with Gasteiger partial charge in [-0.1, -0.05) is 11.6 Å². The Balaban J connectivity index is 2.17. The molecule has 90 valence electrons. The molecule has 1 amide bonds. The predicted molar refractivity (Wildman–Crippen MR) is 51.0 cm³/mol. The number of fused-ring (bicyclic) bond motifs is 1. The molecule has 2 atom stereocenters. The number of aliphatic imine (C=N–C) groups is 1. The highest BCUT2D eigenvalue weighted by Gasteiger charge is 2.45. The highest BCUT2D eigenvalue weighted by atomic mass is 35.5. The highest BCUT2D eigenvalue weighted by Crippen LogP contribution is 2.27. The summed E-state index contributed by atoms with van der Waals surface area (Å²) >= 11 is 5.64. The number of guanidine groups is 1. The number of alkyl halides is 4. The van der Waals surface area contributed by atoms with Crippen molar-refractivity contribution in [3.05, 3.63) is 0 Å². The number of nitrogens with zero attached hydrogens (tertiary/aromatic N) is 2. The molecule has 1 unspecified atom stereocenters. The van der Waals surface area contributed by atoms with E-state index >= 15 is 0 Å². The van der Waals surface area contributed by atoms with E-state index in [1.807, 2.05) is 0 Å². The van der Waals surface area contributed by atoms with Gasteiger partial charge in [0.05, 0.1) is 6.42 Å². The normalized spacial score (nSPS) is 30.6. The average Bonchev–Trinajstić information content (AvgIpc) is 2.15. The van der Waals surface area contributed by atoms with Crippen LogP contribution in [0.4, 0.5) is 13.2 Å². The van der Waals surface area contributed by atoms with E-state index in [4.69, 9.17) is 11.6 Å². The van der Waals surface area contributed by atoms with E-state index in [9.17, 15) is 18.0 Å². The molecule has 2 rings (SSSR count). The van der Waals surface area contributed by atoms with Gasteiger partial charge in [0.15, 0.2) is 0 Å².